The maximum absolute atomic E-state index is 9.91. The van der Waals surface area contributed by atoms with Gasteiger partial charge in [-0.1, -0.05) is 6.07 Å². The van der Waals surface area contributed by atoms with Gasteiger partial charge in [-0.3, -0.25) is 10.4 Å². The molecule has 0 unspecified atom stereocenters. The molecule has 0 amide bonds. The van der Waals surface area contributed by atoms with Crippen molar-refractivity contribution in [1.29, 1.82) is 0 Å². The highest BCUT2D eigenvalue weighted by molar-refractivity contribution is 5.71. The summed E-state index contributed by atoms with van der Waals surface area (Å²) in [6.07, 6.45) is 0.914. The molecule has 6 nitrogen and oxygen atoms in total. The molecule has 6 heteroatoms. The van der Waals surface area contributed by atoms with Crippen LogP contribution >= 0.6 is 0 Å². The number of hydrogen-bond donors (Lipinski definition) is 3. The van der Waals surface area contributed by atoms with E-state index < -0.39 is 0 Å². The third-order valence-corrected chi connectivity index (χ3v) is 1.60. The average Bonchev–Trinajstić information content (AvgIpc) is 2.15. The minimum atomic E-state index is -0.0372. The van der Waals surface area contributed by atoms with Gasteiger partial charge in [-0.2, -0.15) is 0 Å². The molecule has 1 aromatic rings. The largest absolute Gasteiger partial charge is 0.760 e. The molecule has 1 rings (SSSR count). The Morgan fingerprint density at radius 1 is 1.50 bits per heavy atom. The summed E-state index contributed by atoms with van der Waals surface area (Å²) in [7, 11) is 0. The summed E-state index contributed by atoms with van der Waals surface area (Å²) in [6, 6.07) is 4.83. The van der Waals surface area contributed by atoms with Crippen LogP contribution in [-0.4, -0.2) is 16.8 Å². The molecule has 0 radical (unpaired) electrons. The number of anilines is 1. The molecule has 0 fully saturated rings. The molecule has 0 aliphatic heterocycles. The number of hydroxylamine groups is 1. The highest BCUT2D eigenvalue weighted by Crippen LogP contribution is 2.27. The summed E-state index contributed by atoms with van der Waals surface area (Å²) in [5.74, 6) is 0. The molecular weight excluding hydrogens is 186 g/mol. The first-order valence-electron chi connectivity index (χ1n) is 3.84. The lowest BCUT2D eigenvalue weighted by Gasteiger charge is -2.11. The van der Waals surface area contributed by atoms with Gasteiger partial charge >= 0.3 is 0 Å². The van der Waals surface area contributed by atoms with Gasteiger partial charge in [-0.25, -0.2) is 4.99 Å². The standard InChI is InChI=1S/C8H10N3O3/c1-6-2-3-7(9-5-10-12)8(4-6)11(13)14/h2-5,13-14H,1H3,(H-,9,10,12)/q-1. The summed E-state index contributed by atoms with van der Waals surface area (Å²) in [6.45, 7) is 1.80. The molecule has 0 heterocycles. The summed E-state index contributed by atoms with van der Waals surface area (Å²) < 4.78 is 0. The van der Waals surface area contributed by atoms with Crippen molar-refractivity contribution in [2.24, 2.45) is 4.99 Å². The van der Waals surface area contributed by atoms with E-state index in [4.69, 9.17) is 10.4 Å². The number of aliphatic imine (C=N–C) groups is 1. The Kier molecular flexibility index (Phi) is 3.41. The Morgan fingerprint density at radius 3 is 2.79 bits per heavy atom. The fraction of sp³-hybridized carbons (Fsp3) is 0.125. The number of hydrogen-bond acceptors (Lipinski definition) is 5. The Hall–Kier alpha value is -1.63. The Balaban J connectivity index is 3.08. The van der Waals surface area contributed by atoms with Gasteiger partial charge in [-0.05, 0) is 24.6 Å². The van der Waals surface area contributed by atoms with Crippen LogP contribution in [0.3, 0.4) is 0 Å². The zero-order chi connectivity index (χ0) is 10.6. The van der Waals surface area contributed by atoms with Gasteiger partial charge in [-0.15, -0.1) is 5.23 Å². The Labute approximate surface area is 80.6 Å². The second kappa shape index (κ2) is 4.56. The van der Waals surface area contributed by atoms with Crippen LogP contribution in [0.2, 0.25) is 0 Å². The van der Waals surface area contributed by atoms with Crippen LogP contribution in [0.25, 0.3) is 0 Å². The van der Waals surface area contributed by atoms with Crippen LogP contribution in [0.1, 0.15) is 5.56 Å². The summed E-state index contributed by atoms with van der Waals surface area (Å²) in [4.78, 5) is 3.68. The van der Waals surface area contributed by atoms with Crippen LogP contribution < -0.4 is 10.7 Å². The lowest BCUT2D eigenvalue weighted by Crippen LogP contribution is -2.11. The molecule has 3 N–H and O–H groups in total. The monoisotopic (exact) mass is 196 g/mol. The van der Waals surface area contributed by atoms with Gasteiger partial charge in [0.25, 0.3) is 0 Å². The molecule has 0 saturated heterocycles. The third-order valence-electron chi connectivity index (χ3n) is 1.60. The molecule has 0 aliphatic rings. The van der Waals surface area contributed by atoms with E-state index in [1.807, 2.05) is 0 Å². The van der Waals surface area contributed by atoms with Crippen LogP contribution in [-0.2, 0) is 0 Å². The van der Waals surface area contributed by atoms with Gasteiger partial charge < -0.3 is 10.7 Å². The smallest absolute Gasteiger partial charge is 0.120 e. The van der Waals surface area contributed by atoms with E-state index in [9.17, 15) is 5.21 Å². The predicted molar refractivity (Wildman–Crippen MR) is 51.9 cm³/mol. The first-order chi connectivity index (χ1) is 6.65. The van der Waals surface area contributed by atoms with Gasteiger partial charge in [0.1, 0.15) is 5.69 Å². The van der Waals surface area contributed by atoms with Crippen LogP contribution in [0, 0.1) is 12.1 Å². The first kappa shape index (κ1) is 10.5. The van der Waals surface area contributed by atoms with E-state index in [-0.39, 0.29) is 16.6 Å². The molecule has 76 valence electrons. The first-order valence-corrected chi connectivity index (χ1v) is 3.84. The second-order valence-corrected chi connectivity index (χ2v) is 2.66. The van der Waals surface area contributed by atoms with E-state index in [1.54, 1.807) is 19.1 Å². The number of rotatable bonds is 3. The highest BCUT2D eigenvalue weighted by Gasteiger charge is 2.05. The molecular formula is C8H10N3O3-. The van der Waals surface area contributed by atoms with Crippen molar-refractivity contribution in [2.75, 3.05) is 5.23 Å². The van der Waals surface area contributed by atoms with Crippen molar-refractivity contribution in [3.05, 3.63) is 29.0 Å². The summed E-state index contributed by atoms with van der Waals surface area (Å²) in [5, 5.41) is 27.6. The molecule has 0 spiro atoms. The number of nitrogens with zero attached hydrogens (tertiary/aromatic N) is 2. The fourth-order valence-corrected chi connectivity index (χ4v) is 0.999. The minimum Gasteiger partial charge on any atom is -0.760 e. The second-order valence-electron chi connectivity index (χ2n) is 2.66. The van der Waals surface area contributed by atoms with E-state index in [2.05, 4.69) is 4.99 Å². The highest BCUT2D eigenvalue weighted by atomic mass is 16.8. The number of aryl methyl sites for hydroxylation is 1. The third kappa shape index (κ3) is 2.43. The lowest BCUT2D eigenvalue weighted by atomic mass is 10.2. The van der Waals surface area contributed by atoms with Crippen molar-refractivity contribution in [1.82, 2.24) is 5.48 Å². The van der Waals surface area contributed by atoms with Crippen molar-refractivity contribution in [2.45, 2.75) is 6.92 Å². The van der Waals surface area contributed by atoms with Gasteiger partial charge in [0, 0.05) is 0 Å². The van der Waals surface area contributed by atoms with Crippen molar-refractivity contribution >= 4 is 17.7 Å². The average molecular weight is 196 g/mol. The fourth-order valence-electron chi connectivity index (χ4n) is 0.999. The predicted octanol–water partition coefficient (Wildman–Crippen LogP) is 1.33. The van der Waals surface area contributed by atoms with Crippen molar-refractivity contribution in [3.8, 4) is 0 Å². The van der Waals surface area contributed by atoms with E-state index in [0.717, 1.165) is 11.9 Å². The molecule has 0 aliphatic carbocycles. The van der Waals surface area contributed by atoms with Gasteiger partial charge in [0.15, 0.2) is 0 Å². The molecule has 14 heavy (non-hydrogen) atoms. The normalized spacial score (nSPS) is 10.6. The number of benzene rings is 1. The summed E-state index contributed by atoms with van der Waals surface area (Å²) in [5.41, 5.74) is 2.71. The van der Waals surface area contributed by atoms with Gasteiger partial charge in [0.05, 0.1) is 12.0 Å². The molecule has 0 atom stereocenters. The maximum Gasteiger partial charge on any atom is 0.120 e. The van der Waals surface area contributed by atoms with Crippen LogP contribution in [0.4, 0.5) is 11.4 Å². The van der Waals surface area contributed by atoms with Crippen LogP contribution in [0.5, 0.6) is 0 Å². The number of nitrogens with one attached hydrogen (secondary N) is 1. The zero-order valence-corrected chi connectivity index (χ0v) is 7.51. The molecule has 1 aromatic carbocycles. The minimum absolute atomic E-state index is 0.0372. The maximum atomic E-state index is 9.91. The quantitative estimate of drug-likeness (QED) is 0.385. The topological polar surface area (TPSA) is 91.2 Å². The van der Waals surface area contributed by atoms with Crippen molar-refractivity contribution in [3.63, 3.8) is 0 Å². The molecule has 0 saturated carbocycles. The van der Waals surface area contributed by atoms with E-state index in [0.29, 0.717) is 0 Å². The zero-order valence-electron chi connectivity index (χ0n) is 7.51. The van der Waals surface area contributed by atoms with Crippen LogP contribution in [0.15, 0.2) is 23.2 Å². The lowest BCUT2D eigenvalue weighted by molar-refractivity contribution is 0.0295. The molecule has 0 bridgehead atoms. The summed E-state index contributed by atoms with van der Waals surface area (Å²) >= 11 is 0. The molecule has 0 aromatic heterocycles. The Bertz CT molecular complexity index is 339. The van der Waals surface area contributed by atoms with Crippen molar-refractivity contribution < 1.29 is 10.4 Å². The Morgan fingerprint density at radius 2 is 2.21 bits per heavy atom. The SMILES string of the molecule is Cc1ccc(N=CN[O-])c(N(O)O)c1. The van der Waals surface area contributed by atoms with Gasteiger partial charge in [0.2, 0.25) is 0 Å². The van der Waals surface area contributed by atoms with E-state index in [1.165, 1.54) is 11.5 Å². The van der Waals surface area contributed by atoms with E-state index >= 15 is 0 Å².